The third-order valence-corrected chi connectivity index (χ3v) is 5.23. The maximum absolute atomic E-state index is 5.63. The highest BCUT2D eigenvalue weighted by Gasteiger charge is 2.35. The molecule has 0 spiro atoms. The van der Waals surface area contributed by atoms with Gasteiger partial charge in [-0.15, -0.1) is 0 Å². The lowest BCUT2D eigenvalue weighted by molar-refractivity contribution is 0.0543. The summed E-state index contributed by atoms with van der Waals surface area (Å²) in [4.78, 5) is 8.99. The molecule has 2 aliphatic heterocycles. The minimum absolute atomic E-state index is 0.0117. The SMILES string of the molecule is CC(C)c1nccc(NCC2(c3ccc4c(c3)OCO4)CCOCC2)n1. The molecule has 2 aromatic rings. The molecule has 0 amide bonds. The van der Waals surface area contributed by atoms with E-state index >= 15 is 0 Å². The zero-order valence-corrected chi connectivity index (χ0v) is 15.3. The monoisotopic (exact) mass is 355 g/mol. The summed E-state index contributed by atoms with van der Waals surface area (Å²) in [5.41, 5.74) is 1.25. The van der Waals surface area contributed by atoms with Gasteiger partial charge in [0.2, 0.25) is 6.79 Å². The van der Waals surface area contributed by atoms with Gasteiger partial charge in [-0.3, -0.25) is 0 Å². The third kappa shape index (κ3) is 3.33. The van der Waals surface area contributed by atoms with Gasteiger partial charge in [-0.1, -0.05) is 19.9 Å². The van der Waals surface area contributed by atoms with Crippen molar-refractivity contribution >= 4 is 5.82 Å². The minimum atomic E-state index is -0.0117. The van der Waals surface area contributed by atoms with Gasteiger partial charge in [0.1, 0.15) is 11.6 Å². The molecule has 0 saturated carbocycles. The number of hydrogen-bond donors (Lipinski definition) is 1. The lowest BCUT2D eigenvalue weighted by Crippen LogP contribution is -2.40. The zero-order chi connectivity index (χ0) is 18.0. The predicted octanol–water partition coefficient (Wildman–Crippen LogP) is 3.49. The Kier molecular flexibility index (Phi) is 4.68. The van der Waals surface area contributed by atoms with Crippen molar-refractivity contribution in [2.75, 3.05) is 31.9 Å². The number of hydrogen-bond acceptors (Lipinski definition) is 6. The molecule has 0 aliphatic carbocycles. The van der Waals surface area contributed by atoms with Crippen LogP contribution in [0.3, 0.4) is 0 Å². The van der Waals surface area contributed by atoms with Crippen LogP contribution in [0.1, 0.15) is 44.0 Å². The van der Waals surface area contributed by atoms with Gasteiger partial charge in [0.05, 0.1) is 0 Å². The van der Waals surface area contributed by atoms with Crippen LogP contribution in [-0.4, -0.2) is 36.5 Å². The molecule has 1 N–H and O–H groups in total. The Morgan fingerprint density at radius 2 is 1.92 bits per heavy atom. The van der Waals surface area contributed by atoms with Gasteiger partial charge >= 0.3 is 0 Å². The Bertz CT molecular complexity index is 773. The number of nitrogens with zero attached hydrogens (tertiary/aromatic N) is 2. The number of rotatable bonds is 5. The molecule has 4 rings (SSSR count). The molecule has 0 bridgehead atoms. The van der Waals surface area contributed by atoms with Crippen molar-refractivity contribution in [3.05, 3.63) is 41.9 Å². The van der Waals surface area contributed by atoms with Crippen LogP contribution < -0.4 is 14.8 Å². The van der Waals surface area contributed by atoms with Crippen molar-refractivity contribution in [3.63, 3.8) is 0 Å². The van der Waals surface area contributed by atoms with E-state index in [0.717, 1.165) is 55.7 Å². The maximum Gasteiger partial charge on any atom is 0.231 e. The second-order valence-corrected chi connectivity index (χ2v) is 7.27. The van der Waals surface area contributed by atoms with E-state index in [1.807, 2.05) is 18.3 Å². The van der Waals surface area contributed by atoms with Crippen LogP contribution in [0.2, 0.25) is 0 Å². The summed E-state index contributed by atoms with van der Waals surface area (Å²) in [7, 11) is 0. The van der Waals surface area contributed by atoms with E-state index < -0.39 is 0 Å². The Balaban J connectivity index is 1.58. The first-order valence-corrected chi connectivity index (χ1v) is 9.21. The molecule has 1 fully saturated rings. The van der Waals surface area contributed by atoms with Crippen molar-refractivity contribution < 1.29 is 14.2 Å². The van der Waals surface area contributed by atoms with Gasteiger partial charge in [0.25, 0.3) is 0 Å². The van der Waals surface area contributed by atoms with Crippen LogP contribution >= 0.6 is 0 Å². The summed E-state index contributed by atoms with van der Waals surface area (Å²) in [6.07, 6.45) is 3.74. The molecule has 2 aliphatic rings. The van der Waals surface area contributed by atoms with Crippen molar-refractivity contribution in [1.82, 2.24) is 9.97 Å². The minimum Gasteiger partial charge on any atom is -0.454 e. The van der Waals surface area contributed by atoms with Crippen molar-refractivity contribution in [3.8, 4) is 11.5 Å². The van der Waals surface area contributed by atoms with Crippen LogP contribution in [-0.2, 0) is 10.2 Å². The van der Waals surface area contributed by atoms with E-state index in [1.165, 1.54) is 5.56 Å². The average Bonchev–Trinajstić information content (AvgIpc) is 3.15. The fourth-order valence-corrected chi connectivity index (χ4v) is 3.57. The normalized spacial score (nSPS) is 18.1. The molecule has 1 aromatic heterocycles. The maximum atomic E-state index is 5.63. The zero-order valence-electron chi connectivity index (χ0n) is 15.3. The topological polar surface area (TPSA) is 65.5 Å². The molecule has 3 heterocycles. The number of ether oxygens (including phenoxy) is 3. The lowest BCUT2D eigenvalue weighted by atomic mass is 9.74. The van der Waals surface area contributed by atoms with Crippen LogP contribution in [0.5, 0.6) is 11.5 Å². The second-order valence-electron chi connectivity index (χ2n) is 7.27. The summed E-state index contributed by atoms with van der Waals surface area (Å²) < 4.78 is 16.7. The first kappa shape index (κ1) is 17.1. The standard InChI is InChI=1S/C20H25N3O3/c1-14(2)19-21-8-5-18(23-19)22-12-20(6-9-24-10-7-20)15-3-4-16-17(11-15)26-13-25-16/h3-5,8,11,14H,6-7,9-10,12-13H2,1-2H3,(H,21,22,23). The molecule has 138 valence electrons. The largest absolute Gasteiger partial charge is 0.454 e. The molecule has 1 saturated heterocycles. The van der Waals surface area contributed by atoms with Crippen molar-refractivity contribution in [2.24, 2.45) is 0 Å². The summed E-state index contributed by atoms with van der Waals surface area (Å²) >= 11 is 0. The molecule has 0 radical (unpaired) electrons. The van der Waals surface area contributed by atoms with E-state index in [9.17, 15) is 0 Å². The van der Waals surface area contributed by atoms with Gasteiger partial charge in [0, 0.05) is 37.3 Å². The Hall–Kier alpha value is -2.34. The second kappa shape index (κ2) is 7.11. The summed E-state index contributed by atoms with van der Waals surface area (Å²) in [6, 6.07) is 8.21. The number of benzene rings is 1. The van der Waals surface area contributed by atoms with Crippen LogP contribution in [0.4, 0.5) is 5.82 Å². The summed E-state index contributed by atoms with van der Waals surface area (Å²) in [5.74, 6) is 3.69. The molecule has 26 heavy (non-hydrogen) atoms. The molecular formula is C20H25N3O3. The fourth-order valence-electron chi connectivity index (χ4n) is 3.57. The number of fused-ring (bicyclic) bond motifs is 1. The number of anilines is 1. The first-order valence-electron chi connectivity index (χ1n) is 9.21. The van der Waals surface area contributed by atoms with E-state index in [1.54, 1.807) is 0 Å². The van der Waals surface area contributed by atoms with Gasteiger partial charge in [0.15, 0.2) is 11.5 Å². The van der Waals surface area contributed by atoms with E-state index in [4.69, 9.17) is 14.2 Å². The van der Waals surface area contributed by atoms with Crippen LogP contribution in [0.15, 0.2) is 30.5 Å². The average molecular weight is 355 g/mol. The third-order valence-electron chi connectivity index (χ3n) is 5.23. The molecular weight excluding hydrogens is 330 g/mol. The molecule has 1 aromatic carbocycles. The summed E-state index contributed by atoms with van der Waals surface area (Å²) in [6.45, 7) is 6.82. The van der Waals surface area contributed by atoms with Crippen LogP contribution in [0, 0.1) is 0 Å². The Morgan fingerprint density at radius 3 is 2.73 bits per heavy atom. The quantitative estimate of drug-likeness (QED) is 0.886. The Morgan fingerprint density at radius 1 is 1.12 bits per heavy atom. The van der Waals surface area contributed by atoms with Gasteiger partial charge in [-0.25, -0.2) is 9.97 Å². The van der Waals surface area contributed by atoms with E-state index in [2.05, 4.69) is 41.3 Å². The van der Waals surface area contributed by atoms with Gasteiger partial charge < -0.3 is 19.5 Å². The molecule has 6 nitrogen and oxygen atoms in total. The molecule has 0 unspecified atom stereocenters. The highest BCUT2D eigenvalue weighted by molar-refractivity contribution is 5.47. The summed E-state index contributed by atoms with van der Waals surface area (Å²) in [5, 5.41) is 3.54. The lowest BCUT2D eigenvalue weighted by Gasteiger charge is -2.38. The van der Waals surface area contributed by atoms with E-state index in [-0.39, 0.29) is 5.41 Å². The van der Waals surface area contributed by atoms with Crippen molar-refractivity contribution in [2.45, 2.75) is 38.0 Å². The highest BCUT2D eigenvalue weighted by Crippen LogP contribution is 2.41. The first-order chi connectivity index (χ1) is 12.7. The highest BCUT2D eigenvalue weighted by atomic mass is 16.7. The number of nitrogens with one attached hydrogen (secondary N) is 1. The molecule has 6 heteroatoms. The fraction of sp³-hybridized carbons (Fsp3) is 0.500. The predicted molar refractivity (Wildman–Crippen MR) is 98.9 cm³/mol. The number of aromatic nitrogens is 2. The van der Waals surface area contributed by atoms with Gasteiger partial charge in [-0.2, -0.15) is 0 Å². The van der Waals surface area contributed by atoms with E-state index in [0.29, 0.717) is 12.7 Å². The molecule has 0 atom stereocenters. The van der Waals surface area contributed by atoms with Crippen molar-refractivity contribution in [1.29, 1.82) is 0 Å². The smallest absolute Gasteiger partial charge is 0.231 e. The van der Waals surface area contributed by atoms with Crippen LogP contribution in [0.25, 0.3) is 0 Å². The van der Waals surface area contributed by atoms with Gasteiger partial charge in [-0.05, 0) is 36.6 Å². The Labute approximate surface area is 153 Å².